The minimum Gasteiger partial charge on any atom is -0.497 e. The number of nitrogens with zero attached hydrogens (tertiary/aromatic N) is 5. The van der Waals surface area contributed by atoms with Crippen LogP contribution in [0.2, 0.25) is 0 Å². The van der Waals surface area contributed by atoms with Crippen LogP contribution in [0.5, 0.6) is 5.75 Å². The van der Waals surface area contributed by atoms with E-state index in [2.05, 4.69) is 10.1 Å². The summed E-state index contributed by atoms with van der Waals surface area (Å²) in [4.78, 5) is 45.2. The zero-order valence-electron chi connectivity index (χ0n) is 21.2. The van der Waals surface area contributed by atoms with Crippen molar-refractivity contribution < 1.29 is 28.4 Å². The van der Waals surface area contributed by atoms with Crippen LogP contribution in [0.25, 0.3) is 11.0 Å². The van der Waals surface area contributed by atoms with E-state index in [4.69, 9.17) is 14.0 Å². The number of hydrogen-bond acceptors (Lipinski definition) is 8. The molecule has 3 saturated heterocycles. The average molecular weight is 520 g/mol. The highest BCUT2D eigenvalue weighted by atomic mass is 16.5. The summed E-state index contributed by atoms with van der Waals surface area (Å²) in [6, 6.07) is 12.8. The molecule has 0 aliphatic carbocycles. The van der Waals surface area contributed by atoms with Crippen molar-refractivity contribution in [1.82, 2.24) is 19.9 Å². The molecule has 0 N–H and O–H groups in total. The fourth-order valence-corrected chi connectivity index (χ4v) is 5.38. The lowest BCUT2D eigenvalue weighted by molar-refractivity contribution is -0.152. The molecular formula is C27H29N5O6. The highest BCUT2D eigenvalue weighted by molar-refractivity contribution is 6.08. The highest BCUT2D eigenvalue weighted by Crippen LogP contribution is 2.31. The molecule has 1 atom stereocenters. The molecule has 2 aromatic carbocycles. The zero-order chi connectivity index (χ0) is 26.2. The Balaban J connectivity index is 1.19. The van der Waals surface area contributed by atoms with Crippen LogP contribution in [0.3, 0.4) is 0 Å². The lowest BCUT2D eigenvalue weighted by Crippen LogP contribution is -2.59. The molecule has 4 amide bonds. The van der Waals surface area contributed by atoms with Crippen LogP contribution in [0, 0.1) is 0 Å². The molecule has 38 heavy (non-hydrogen) atoms. The van der Waals surface area contributed by atoms with Crippen molar-refractivity contribution in [3.05, 3.63) is 53.6 Å². The van der Waals surface area contributed by atoms with E-state index < -0.39 is 6.03 Å². The Morgan fingerprint density at radius 3 is 2.61 bits per heavy atom. The second-order valence-electron chi connectivity index (χ2n) is 9.84. The first-order valence-corrected chi connectivity index (χ1v) is 12.7. The highest BCUT2D eigenvalue weighted by Gasteiger charge is 2.36. The van der Waals surface area contributed by atoms with Crippen LogP contribution in [-0.2, 0) is 27.4 Å². The second-order valence-corrected chi connectivity index (χ2v) is 9.84. The fourth-order valence-electron chi connectivity index (χ4n) is 5.38. The lowest BCUT2D eigenvalue weighted by atomic mass is 10.1. The fraction of sp³-hybridized carbons (Fsp3) is 0.407. The number of hydrogen-bond donors (Lipinski definition) is 0. The smallest absolute Gasteiger partial charge is 0.332 e. The summed E-state index contributed by atoms with van der Waals surface area (Å²) in [6.45, 7) is 4.03. The Bertz CT molecular complexity index is 1370. The number of benzene rings is 2. The Hall–Kier alpha value is -3.96. The Labute approximate surface area is 219 Å². The Kier molecular flexibility index (Phi) is 6.46. The molecule has 1 aromatic heterocycles. The summed E-state index contributed by atoms with van der Waals surface area (Å²) in [7, 11) is 1.59. The number of anilines is 1. The predicted octanol–water partition coefficient (Wildman–Crippen LogP) is 2.24. The minimum atomic E-state index is -0.421. The molecule has 3 fully saturated rings. The Morgan fingerprint density at radius 2 is 1.79 bits per heavy atom. The number of fused-ring (bicyclic) bond motifs is 2. The van der Waals surface area contributed by atoms with E-state index >= 15 is 0 Å². The van der Waals surface area contributed by atoms with Crippen LogP contribution in [-0.4, -0.2) is 90.2 Å². The second kappa shape index (κ2) is 10.1. The number of ether oxygens (including phenoxy) is 2. The number of methoxy groups -OCH3 is 1. The van der Waals surface area contributed by atoms with Crippen LogP contribution >= 0.6 is 0 Å². The van der Waals surface area contributed by atoms with E-state index in [1.165, 1.54) is 9.80 Å². The first-order chi connectivity index (χ1) is 18.5. The van der Waals surface area contributed by atoms with E-state index in [-0.39, 0.29) is 44.0 Å². The van der Waals surface area contributed by atoms with Crippen molar-refractivity contribution >= 4 is 34.6 Å². The minimum absolute atomic E-state index is 0.0575. The molecule has 0 bridgehead atoms. The van der Waals surface area contributed by atoms with E-state index in [0.717, 1.165) is 29.6 Å². The third-order valence-electron chi connectivity index (χ3n) is 7.41. The van der Waals surface area contributed by atoms with Gasteiger partial charge in [-0.1, -0.05) is 23.4 Å². The molecule has 0 radical (unpaired) electrons. The standard InChI is InChI=1S/C27H29N5O6/c1-36-21-5-2-18(3-6-21)14-32-24(33)8-9-31(27(32)35)26-22-12-19(4-7-23(22)38-28-26)13-29-10-11-30-20(15-29)16-37-17-25(30)34/h2-7,12,20H,8-11,13-17H2,1H3/t20-/m1/s1. The van der Waals surface area contributed by atoms with Gasteiger partial charge in [0.05, 0.1) is 31.7 Å². The van der Waals surface area contributed by atoms with Crippen molar-refractivity contribution in [2.75, 3.05) is 51.4 Å². The largest absolute Gasteiger partial charge is 0.497 e. The summed E-state index contributed by atoms with van der Waals surface area (Å²) in [6.07, 6.45) is 0.197. The van der Waals surface area contributed by atoms with Gasteiger partial charge in [-0.2, -0.15) is 0 Å². The van der Waals surface area contributed by atoms with Crippen LogP contribution in [0.15, 0.2) is 47.0 Å². The number of imide groups is 1. The van der Waals surface area contributed by atoms with Crippen molar-refractivity contribution in [2.45, 2.75) is 25.6 Å². The maximum absolute atomic E-state index is 13.4. The molecule has 6 rings (SSSR count). The van der Waals surface area contributed by atoms with Gasteiger partial charge in [0, 0.05) is 39.1 Å². The Morgan fingerprint density at radius 1 is 0.974 bits per heavy atom. The summed E-state index contributed by atoms with van der Waals surface area (Å²) in [5.74, 6) is 0.955. The van der Waals surface area contributed by atoms with E-state index in [1.54, 1.807) is 19.2 Å². The van der Waals surface area contributed by atoms with Gasteiger partial charge in [-0.3, -0.25) is 24.3 Å². The number of morpholine rings is 1. The topological polar surface area (TPSA) is 109 Å². The number of urea groups is 1. The molecule has 11 heteroatoms. The molecule has 3 aliphatic heterocycles. The molecule has 11 nitrogen and oxygen atoms in total. The molecule has 3 aromatic rings. The summed E-state index contributed by atoms with van der Waals surface area (Å²) >= 11 is 0. The predicted molar refractivity (Wildman–Crippen MR) is 137 cm³/mol. The maximum atomic E-state index is 13.4. The molecule has 198 valence electrons. The third-order valence-corrected chi connectivity index (χ3v) is 7.41. The third kappa shape index (κ3) is 4.59. The summed E-state index contributed by atoms with van der Waals surface area (Å²) < 4.78 is 16.2. The van der Waals surface area contributed by atoms with E-state index in [0.29, 0.717) is 36.8 Å². The molecule has 3 aliphatic rings. The summed E-state index contributed by atoms with van der Waals surface area (Å²) in [5.41, 5.74) is 2.45. The van der Waals surface area contributed by atoms with Gasteiger partial charge in [0.25, 0.3) is 0 Å². The van der Waals surface area contributed by atoms with Crippen LogP contribution in [0.4, 0.5) is 10.6 Å². The van der Waals surface area contributed by atoms with Crippen LogP contribution < -0.4 is 9.64 Å². The normalized spacial score (nSPS) is 20.8. The number of aromatic nitrogens is 1. The van der Waals surface area contributed by atoms with Crippen molar-refractivity contribution in [3.63, 3.8) is 0 Å². The molecule has 4 heterocycles. The number of carbonyl (C=O) groups is 3. The van der Waals surface area contributed by atoms with Crippen LogP contribution in [0.1, 0.15) is 17.5 Å². The van der Waals surface area contributed by atoms with Crippen molar-refractivity contribution in [1.29, 1.82) is 0 Å². The van der Waals surface area contributed by atoms with Crippen molar-refractivity contribution in [3.8, 4) is 5.75 Å². The van der Waals surface area contributed by atoms with Gasteiger partial charge in [-0.05, 0) is 35.4 Å². The van der Waals surface area contributed by atoms with Gasteiger partial charge in [-0.15, -0.1) is 0 Å². The average Bonchev–Trinajstić information content (AvgIpc) is 3.34. The van der Waals surface area contributed by atoms with Gasteiger partial charge in [0.2, 0.25) is 11.8 Å². The molecule has 0 unspecified atom stereocenters. The van der Waals surface area contributed by atoms with Crippen molar-refractivity contribution in [2.24, 2.45) is 0 Å². The van der Waals surface area contributed by atoms with E-state index in [9.17, 15) is 14.4 Å². The van der Waals surface area contributed by atoms with E-state index in [1.807, 2.05) is 35.2 Å². The number of rotatable bonds is 6. The van der Waals surface area contributed by atoms with Gasteiger partial charge in [0.15, 0.2) is 11.4 Å². The monoisotopic (exact) mass is 519 g/mol. The maximum Gasteiger partial charge on any atom is 0.332 e. The molecular weight excluding hydrogens is 490 g/mol. The van der Waals surface area contributed by atoms with Gasteiger partial charge >= 0.3 is 6.03 Å². The molecule has 0 spiro atoms. The van der Waals surface area contributed by atoms with Gasteiger partial charge in [-0.25, -0.2) is 4.79 Å². The number of piperazine rings is 1. The zero-order valence-corrected chi connectivity index (χ0v) is 21.2. The lowest BCUT2D eigenvalue weighted by Gasteiger charge is -2.43. The SMILES string of the molecule is COc1ccc(CN2C(=O)CCN(c3noc4ccc(CN5CCN6C(=O)COC[C@H]6C5)cc34)C2=O)cc1. The van der Waals surface area contributed by atoms with Gasteiger partial charge in [0.1, 0.15) is 12.4 Å². The van der Waals surface area contributed by atoms with Gasteiger partial charge < -0.3 is 18.9 Å². The molecule has 0 saturated carbocycles. The number of carbonyl (C=O) groups excluding carboxylic acids is 3. The first-order valence-electron chi connectivity index (χ1n) is 12.7. The first kappa shape index (κ1) is 24.4. The number of amides is 4. The quantitative estimate of drug-likeness (QED) is 0.488. The summed E-state index contributed by atoms with van der Waals surface area (Å²) in [5, 5.41) is 4.94.